The molecule has 2 aliphatic heterocycles. The lowest BCUT2D eigenvalue weighted by atomic mass is 9.99. The predicted octanol–water partition coefficient (Wildman–Crippen LogP) is 3.78. The molecule has 0 radical (unpaired) electrons. The number of thiophene rings is 1. The molecule has 0 saturated carbocycles. The summed E-state index contributed by atoms with van der Waals surface area (Å²) in [5.74, 6) is 0.939. The van der Waals surface area contributed by atoms with Crippen molar-refractivity contribution < 1.29 is 19.1 Å². The highest BCUT2D eigenvalue weighted by Gasteiger charge is 2.43. The topological polar surface area (TPSA) is 59.1 Å². The Morgan fingerprint density at radius 1 is 1.07 bits per heavy atom. The van der Waals surface area contributed by atoms with Gasteiger partial charge in [-0.1, -0.05) is 13.0 Å². The summed E-state index contributed by atoms with van der Waals surface area (Å²) >= 11 is 1.47. The molecule has 1 unspecified atom stereocenters. The van der Waals surface area contributed by atoms with Crippen LogP contribution in [0.5, 0.6) is 11.5 Å². The van der Waals surface area contributed by atoms with Gasteiger partial charge in [0.25, 0.3) is 11.8 Å². The third-order valence-electron chi connectivity index (χ3n) is 5.39. The Hall–Kier alpha value is -2.80. The normalized spacial score (nSPS) is 19.9. The van der Waals surface area contributed by atoms with E-state index in [1.807, 2.05) is 17.5 Å². The molecule has 1 aromatic heterocycles. The molecule has 3 heterocycles. The van der Waals surface area contributed by atoms with Crippen molar-refractivity contribution in [3.63, 3.8) is 0 Å². The van der Waals surface area contributed by atoms with Crippen LogP contribution < -0.4 is 14.4 Å². The van der Waals surface area contributed by atoms with E-state index in [-0.39, 0.29) is 11.8 Å². The zero-order valence-corrected chi connectivity index (χ0v) is 17.6. The summed E-state index contributed by atoms with van der Waals surface area (Å²) in [5, 5.41) is 1.92. The molecule has 4 rings (SSSR count). The van der Waals surface area contributed by atoms with Crippen molar-refractivity contribution in [1.82, 2.24) is 4.90 Å². The lowest BCUT2D eigenvalue weighted by Gasteiger charge is -2.33. The highest BCUT2D eigenvalue weighted by Crippen LogP contribution is 2.39. The summed E-state index contributed by atoms with van der Waals surface area (Å²) in [7, 11) is 3.09. The van der Waals surface area contributed by atoms with E-state index in [4.69, 9.17) is 9.47 Å². The third-order valence-corrected chi connectivity index (χ3v) is 6.28. The van der Waals surface area contributed by atoms with Gasteiger partial charge in [-0.25, -0.2) is 4.90 Å². The summed E-state index contributed by atoms with van der Waals surface area (Å²) in [5.41, 5.74) is 1.44. The Bertz CT molecular complexity index is 945. The van der Waals surface area contributed by atoms with Gasteiger partial charge in [0.15, 0.2) is 0 Å². The summed E-state index contributed by atoms with van der Waals surface area (Å²) in [6.07, 6.45) is 2.15. The molecule has 2 aromatic rings. The second-order valence-electron chi connectivity index (χ2n) is 7.41. The van der Waals surface area contributed by atoms with E-state index in [1.165, 1.54) is 16.2 Å². The Morgan fingerprint density at radius 3 is 2.38 bits per heavy atom. The van der Waals surface area contributed by atoms with Crippen LogP contribution in [0.15, 0.2) is 41.4 Å². The van der Waals surface area contributed by atoms with Crippen LogP contribution in [0.1, 0.15) is 24.6 Å². The van der Waals surface area contributed by atoms with E-state index < -0.39 is 0 Å². The van der Waals surface area contributed by atoms with E-state index >= 15 is 0 Å². The van der Waals surface area contributed by atoms with Gasteiger partial charge in [0, 0.05) is 36.2 Å². The summed E-state index contributed by atoms with van der Waals surface area (Å²) < 4.78 is 10.7. The molecule has 0 bridgehead atoms. The van der Waals surface area contributed by atoms with E-state index in [9.17, 15) is 9.59 Å². The van der Waals surface area contributed by atoms with E-state index in [1.54, 1.807) is 32.4 Å². The second-order valence-corrected chi connectivity index (χ2v) is 8.36. The molecule has 7 heteroatoms. The maximum absolute atomic E-state index is 13.6. The number of carbonyl (C=O) groups is 2. The third kappa shape index (κ3) is 3.51. The van der Waals surface area contributed by atoms with Crippen LogP contribution in [0, 0.1) is 5.92 Å². The summed E-state index contributed by atoms with van der Waals surface area (Å²) in [4.78, 5) is 31.2. The molecule has 29 heavy (non-hydrogen) atoms. The number of anilines is 1. The molecule has 1 fully saturated rings. The summed E-state index contributed by atoms with van der Waals surface area (Å²) in [6, 6.07) is 8.89. The van der Waals surface area contributed by atoms with Crippen LogP contribution in [0.2, 0.25) is 0 Å². The number of hydrogen-bond acceptors (Lipinski definition) is 6. The fourth-order valence-corrected chi connectivity index (χ4v) is 4.77. The minimum Gasteiger partial charge on any atom is -0.497 e. The lowest BCUT2D eigenvalue weighted by molar-refractivity contribution is -0.120. The van der Waals surface area contributed by atoms with Gasteiger partial charge < -0.3 is 14.4 Å². The number of imide groups is 1. The Labute approximate surface area is 174 Å². The first-order chi connectivity index (χ1) is 14.0. The lowest BCUT2D eigenvalue weighted by Crippen LogP contribution is -2.39. The number of ether oxygens (including phenoxy) is 2. The van der Waals surface area contributed by atoms with Crippen LogP contribution in [0.3, 0.4) is 0 Å². The maximum atomic E-state index is 13.6. The van der Waals surface area contributed by atoms with Gasteiger partial charge in [-0.15, -0.1) is 11.3 Å². The van der Waals surface area contributed by atoms with Gasteiger partial charge in [-0.05, 0) is 30.2 Å². The number of carbonyl (C=O) groups excluding carboxylic acids is 2. The van der Waals surface area contributed by atoms with E-state index in [0.29, 0.717) is 34.4 Å². The minimum absolute atomic E-state index is 0.289. The highest BCUT2D eigenvalue weighted by atomic mass is 32.1. The fourth-order valence-electron chi connectivity index (χ4n) is 4.00. The van der Waals surface area contributed by atoms with Crippen molar-refractivity contribution in [2.45, 2.75) is 19.8 Å². The summed E-state index contributed by atoms with van der Waals surface area (Å²) in [6.45, 7) is 3.74. The van der Waals surface area contributed by atoms with Crippen molar-refractivity contribution in [2.24, 2.45) is 5.92 Å². The number of piperidine rings is 1. The number of amides is 2. The van der Waals surface area contributed by atoms with Crippen molar-refractivity contribution in [3.05, 3.63) is 46.3 Å². The fraction of sp³-hybridized carbons (Fsp3) is 0.364. The first-order valence-electron chi connectivity index (χ1n) is 9.68. The second kappa shape index (κ2) is 7.91. The Morgan fingerprint density at radius 2 is 1.79 bits per heavy atom. The van der Waals surface area contributed by atoms with Gasteiger partial charge in [0.2, 0.25) is 0 Å². The smallest absolute Gasteiger partial charge is 0.282 e. The Balaban J connectivity index is 1.81. The van der Waals surface area contributed by atoms with Crippen molar-refractivity contribution in [3.8, 4) is 11.5 Å². The molecular weight excluding hydrogens is 388 g/mol. The van der Waals surface area contributed by atoms with Crippen LogP contribution in [-0.4, -0.2) is 44.0 Å². The SMILES string of the molecule is COc1cc(OC)cc(N2C(=O)C(c3cccs3)=C(N3CCCC(C)C3)C2=O)c1. The molecule has 0 N–H and O–H groups in total. The van der Waals surface area contributed by atoms with Crippen LogP contribution in [0.4, 0.5) is 5.69 Å². The van der Waals surface area contributed by atoms with Crippen LogP contribution >= 0.6 is 11.3 Å². The molecule has 0 aliphatic carbocycles. The molecule has 1 aromatic carbocycles. The number of nitrogens with zero attached hydrogens (tertiary/aromatic N) is 2. The zero-order chi connectivity index (χ0) is 20.5. The average Bonchev–Trinajstić information content (AvgIpc) is 3.33. The van der Waals surface area contributed by atoms with E-state index in [0.717, 1.165) is 30.8 Å². The standard InChI is InChI=1S/C22H24N2O4S/c1-14-6-4-8-23(13-14)20-19(18-7-5-9-29-18)21(25)24(22(20)26)15-10-16(27-2)12-17(11-15)28-3/h5,7,9-12,14H,4,6,8,13H2,1-3H3. The van der Waals surface area contributed by atoms with Gasteiger partial charge >= 0.3 is 0 Å². The molecule has 1 atom stereocenters. The predicted molar refractivity (Wildman–Crippen MR) is 113 cm³/mol. The molecule has 2 aliphatic rings. The number of likely N-dealkylation sites (tertiary alicyclic amines) is 1. The largest absolute Gasteiger partial charge is 0.497 e. The number of hydrogen-bond donors (Lipinski definition) is 0. The number of rotatable bonds is 5. The molecule has 2 amide bonds. The van der Waals surface area contributed by atoms with Crippen molar-refractivity contribution in [2.75, 3.05) is 32.2 Å². The zero-order valence-electron chi connectivity index (χ0n) is 16.8. The van der Waals surface area contributed by atoms with Crippen molar-refractivity contribution in [1.29, 1.82) is 0 Å². The molecular formula is C22H24N2O4S. The Kier molecular flexibility index (Phi) is 5.32. The van der Waals surface area contributed by atoms with Gasteiger partial charge in [0.1, 0.15) is 17.2 Å². The minimum atomic E-state index is -0.305. The number of benzene rings is 1. The first kappa shape index (κ1) is 19.5. The molecule has 6 nitrogen and oxygen atoms in total. The van der Waals surface area contributed by atoms with Crippen molar-refractivity contribution >= 4 is 34.4 Å². The van der Waals surface area contributed by atoms with Gasteiger partial charge in [-0.2, -0.15) is 0 Å². The van der Waals surface area contributed by atoms with Crippen LogP contribution in [-0.2, 0) is 9.59 Å². The molecule has 152 valence electrons. The maximum Gasteiger partial charge on any atom is 0.282 e. The van der Waals surface area contributed by atoms with Gasteiger partial charge in [0.05, 0.1) is 25.5 Å². The molecule has 0 spiro atoms. The van der Waals surface area contributed by atoms with Crippen LogP contribution in [0.25, 0.3) is 5.57 Å². The van der Waals surface area contributed by atoms with Gasteiger partial charge in [-0.3, -0.25) is 9.59 Å². The van der Waals surface area contributed by atoms with E-state index in [2.05, 4.69) is 11.8 Å². The highest BCUT2D eigenvalue weighted by molar-refractivity contribution is 7.11. The number of methoxy groups -OCH3 is 2. The monoisotopic (exact) mass is 412 g/mol. The molecule has 1 saturated heterocycles. The quantitative estimate of drug-likeness (QED) is 0.700. The average molecular weight is 413 g/mol. The first-order valence-corrected chi connectivity index (χ1v) is 10.6.